The van der Waals surface area contributed by atoms with Gasteiger partial charge in [-0.15, -0.1) is 0 Å². The summed E-state index contributed by atoms with van der Waals surface area (Å²) in [6, 6.07) is 11.4. The maximum atomic E-state index is 8.27. The SMILES string of the molecule is N=C1c2ccccc2NC(N)N1c1cccnc1. The van der Waals surface area contributed by atoms with Crippen molar-refractivity contribution in [3.05, 3.63) is 54.4 Å². The summed E-state index contributed by atoms with van der Waals surface area (Å²) >= 11 is 0. The molecule has 2 aromatic rings. The largest absolute Gasteiger partial charge is 0.352 e. The molecule has 2 heterocycles. The van der Waals surface area contributed by atoms with Gasteiger partial charge in [-0.2, -0.15) is 0 Å². The van der Waals surface area contributed by atoms with Crippen LogP contribution in [0.25, 0.3) is 0 Å². The Morgan fingerprint density at radius 2 is 2.06 bits per heavy atom. The highest BCUT2D eigenvalue weighted by atomic mass is 15.4. The third kappa shape index (κ3) is 1.61. The van der Waals surface area contributed by atoms with Crippen molar-refractivity contribution in [1.82, 2.24) is 4.98 Å². The molecule has 18 heavy (non-hydrogen) atoms. The molecule has 0 aliphatic carbocycles. The van der Waals surface area contributed by atoms with E-state index in [0.29, 0.717) is 5.84 Å². The highest BCUT2D eigenvalue weighted by molar-refractivity contribution is 6.13. The molecule has 1 unspecified atom stereocenters. The lowest BCUT2D eigenvalue weighted by Gasteiger charge is -2.37. The van der Waals surface area contributed by atoms with Gasteiger partial charge in [-0.1, -0.05) is 12.1 Å². The van der Waals surface area contributed by atoms with Gasteiger partial charge in [-0.25, -0.2) is 0 Å². The molecule has 1 aliphatic heterocycles. The molecule has 90 valence electrons. The molecule has 5 heteroatoms. The first kappa shape index (κ1) is 10.7. The van der Waals surface area contributed by atoms with E-state index >= 15 is 0 Å². The van der Waals surface area contributed by atoms with Crippen molar-refractivity contribution in [2.24, 2.45) is 5.73 Å². The van der Waals surface area contributed by atoms with E-state index < -0.39 is 6.29 Å². The number of benzene rings is 1. The van der Waals surface area contributed by atoms with E-state index in [1.165, 1.54) is 0 Å². The molecule has 0 spiro atoms. The quantitative estimate of drug-likeness (QED) is 0.706. The lowest BCUT2D eigenvalue weighted by atomic mass is 10.1. The number of nitrogens with one attached hydrogen (secondary N) is 2. The zero-order valence-electron chi connectivity index (χ0n) is 9.67. The molecule has 1 atom stereocenters. The van der Waals surface area contributed by atoms with Crippen molar-refractivity contribution in [3.63, 3.8) is 0 Å². The maximum absolute atomic E-state index is 8.27. The number of hydrogen-bond acceptors (Lipinski definition) is 4. The number of nitrogens with zero attached hydrogens (tertiary/aromatic N) is 2. The van der Waals surface area contributed by atoms with E-state index in [1.54, 1.807) is 17.3 Å². The average Bonchev–Trinajstić information content (AvgIpc) is 2.40. The summed E-state index contributed by atoms with van der Waals surface area (Å²) in [5, 5.41) is 11.4. The Labute approximate surface area is 105 Å². The minimum absolute atomic E-state index is 0.379. The highest BCUT2D eigenvalue weighted by Crippen LogP contribution is 2.27. The van der Waals surface area contributed by atoms with Gasteiger partial charge in [-0.05, 0) is 24.3 Å². The van der Waals surface area contributed by atoms with Crippen LogP contribution in [0.3, 0.4) is 0 Å². The Morgan fingerprint density at radius 3 is 2.83 bits per heavy atom. The van der Waals surface area contributed by atoms with Gasteiger partial charge >= 0.3 is 0 Å². The zero-order chi connectivity index (χ0) is 12.5. The smallest absolute Gasteiger partial charge is 0.158 e. The second kappa shape index (κ2) is 4.12. The molecule has 3 rings (SSSR count). The van der Waals surface area contributed by atoms with Gasteiger partial charge < -0.3 is 5.32 Å². The van der Waals surface area contributed by atoms with Crippen LogP contribution in [0, 0.1) is 5.41 Å². The second-order valence-electron chi connectivity index (χ2n) is 4.06. The Kier molecular flexibility index (Phi) is 2.46. The van der Waals surface area contributed by atoms with Gasteiger partial charge in [0, 0.05) is 17.4 Å². The monoisotopic (exact) mass is 239 g/mol. The van der Waals surface area contributed by atoms with Crippen molar-refractivity contribution >= 4 is 17.2 Å². The van der Waals surface area contributed by atoms with Gasteiger partial charge in [0.1, 0.15) is 5.84 Å². The Morgan fingerprint density at radius 1 is 1.22 bits per heavy atom. The van der Waals surface area contributed by atoms with Crippen molar-refractivity contribution in [2.75, 3.05) is 10.2 Å². The molecule has 1 aromatic carbocycles. The number of hydrogen-bond donors (Lipinski definition) is 3. The number of rotatable bonds is 1. The van der Waals surface area contributed by atoms with E-state index in [2.05, 4.69) is 10.3 Å². The van der Waals surface area contributed by atoms with Crippen molar-refractivity contribution in [1.29, 1.82) is 5.41 Å². The van der Waals surface area contributed by atoms with E-state index in [0.717, 1.165) is 16.9 Å². The van der Waals surface area contributed by atoms with Crippen LogP contribution >= 0.6 is 0 Å². The van der Waals surface area contributed by atoms with Crippen molar-refractivity contribution in [3.8, 4) is 0 Å². The average molecular weight is 239 g/mol. The third-order valence-electron chi connectivity index (χ3n) is 2.93. The molecule has 5 nitrogen and oxygen atoms in total. The first-order chi connectivity index (χ1) is 8.77. The van der Waals surface area contributed by atoms with Gasteiger partial charge in [0.15, 0.2) is 6.29 Å². The minimum atomic E-state index is -0.461. The summed E-state index contributed by atoms with van der Waals surface area (Å²) in [6.45, 7) is 0. The molecular formula is C13H13N5. The van der Waals surface area contributed by atoms with Gasteiger partial charge in [0.2, 0.25) is 0 Å². The van der Waals surface area contributed by atoms with Crippen LogP contribution in [-0.2, 0) is 0 Å². The molecule has 1 aliphatic rings. The molecule has 0 saturated carbocycles. The number of para-hydroxylation sites is 1. The molecule has 0 bridgehead atoms. The number of aromatic nitrogens is 1. The van der Waals surface area contributed by atoms with Crippen LogP contribution < -0.4 is 16.0 Å². The first-order valence-electron chi connectivity index (χ1n) is 5.67. The van der Waals surface area contributed by atoms with Crippen LogP contribution in [-0.4, -0.2) is 17.1 Å². The zero-order valence-corrected chi connectivity index (χ0v) is 9.67. The lowest BCUT2D eigenvalue weighted by Crippen LogP contribution is -2.54. The number of pyridine rings is 1. The number of nitrogens with two attached hydrogens (primary N) is 1. The third-order valence-corrected chi connectivity index (χ3v) is 2.93. The topological polar surface area (TPSA) is 78.0 Å². The normalized spacial score (nSPS) is 18.2. The van der Waals surface area contributed by atoms with Crippen LogP contribution in [0.15, 0.2) is 48.8 Å². The molecule has 0 radical (unpaired) electrons. The molecule has 1 aromatic heterocycles. The van der Waals surface area contributed by atoms with Crippen LogP contribution in [0.4, 0.5) is 11.4 Å². The van der Waals surface area contributed by atoms with Crippen LogP contribution in [0.2, 0.25) is 0 Å². The van der Waals surface area contributed by atoms with E-state index in [-0.39, 0.29) is 0 Å². The number of amidine groups is 1. The fraction of sp³-hybridized carbons (Fsp3) is 0.0769. The van der Waals surface area contributed by atoms with Gasteiger partial charge in [0.05, 0.1) is 11.9 Å². The predicted molar refractivity (Wildman–Crippen MR) is 71.6 cm³/mol. The fourth-order valence-corrected chi connectivity index (χ4v) is 2.09. The predicted octanol–water partition coefficient (Wildman–Crippen LogP) is 1.58. The second-order valence-corrected chi connectivity index (χ2v) is 4.06. The molecular weight excluding hydrogens is 226 g/mol. The summed E-state index contributed by atoms with van der Waals surface area (Å²) in [6.07, 6.45) is 2.94. The van der Waals surface area contributed by atoms with Gasteiger partial charge in [-0.3, -0.25) is 21.0 Å². The van der Waals surface area contributed by atoms with Crippen LogP contribution in [0.5, 0.6) is 0 Å². The fourth-order valence-electron chi connectivity index (χ4n) is 2.09. The van der Waals surface area contributed by atoms with Crippen LogP contribution in [0.1, 0.15) is 5.56 Å². The number of anilines is 2. The Balaban J connectivity index is 2.06. The maximum Gasteiger partial charge on any atom is 0.158 e. The van der Waals surface area contributed by atoms with Crippen molar-refractivity contribution < 1.29 is 0 Å². The summed E-state index contributed by atoms with van der Waals surface area (Å²) in [5.74, 6) is 0.379. The minimum Gasteiger partial charge on any atom is -0.352 e. The summed E-state index contributed by atoms with van der Waals surface area (Å²) in [7, 11) is 0. The highest BCUT2D eigenvalue weighted by Gasteiger charge is 2.27. The van der Waals surface area contributed by atoms with Crippen molar-refractivity contribution in [2.45, 2.75) is 6.29 Å². The van der Waals surface area contributed by atoms with E-state index in [9.17, 15) is 0 Å². The first-order valence-corrected chi connectivity index (χ1v) is 5.67. The van der Waals surface area contributed by atoms with E-state index in [1.807, 2.05) is 36.4 Å². The molecule has 4 N–H and O–H groups in total. The van der Waals surface area contributed by atoms with Gasteiger partial charge in [0.25, 0.3) is 0 Å². The summed E-state index contributed by atoms with van der Waals surface area (Å²) in [4.78, 5) is 5.78. The Bertz CT molecular complexity index is 581. The summed E-state index contributed by atoms with van der Waals surface area (Å²) < 4.78 is 0. The standard InChI is InChI=1S/C13H13N5/c14-12-10-5-1-2-6-11(10)17-13(15)18(12)9-4-3-7-16-8-9/h1-8,13-14,17H,15H2. The Hall–Kier alpha value is -2.40. The lowest BCUT2D eigenvalue weighted by molar-refractivity contribution is 0.768. The number of fused-ring (bicyclic) bond motifs is 1. The summed E-state index contributed by atoms with van der Waals surface area (Å²) in [5.41, 5.74) is 8.59. The molecule has 0 amide bonds. The molecule has 0 fully saturated rings. The molecule has 0 saturated heterocycles. The van der Waals surface area contributed by atoms with E-state index in [4.69, 9.17) is 11.1 Å².